The molecule has 0 amide bonds. The minimum atomic E-state index is -0.199. The molecule has 0 aromatic carbocycles. The Hall–Kier alpha value is -3.16. The van der Waals surface area contributed by atoms with E-state index >= 15 is 0 Å². The zero-order valence-electron chi connectivity index (χ0n) is 16.5. The predicted octanol–water partition coefficient (Wildman–Crippen LogP) is 2.17. The zero-order chi connectivity index (χ0) is 19.8. The van der Waals surface area contributed by atoms with Gasteiger partial charge in [0, 0.05) is 51.4 Å². The monoisotopic (exact) mass is 380 g/mol. The summed E-state index contributed by atoms with van der Waals surface area (Å²) in [6.07, 6.45) is 4.80. The van der Waals surface area contributed by atoms with Crippen LogP contribution >= 0.6 is 0 Å². The van der Waals surface area contributed by atoms with Gasteiger partial charge in [-0.05, 0) is 31.0 Å². The molecular formula is C20H24N6O2. The molecule has 0 radical (unpaired) electrons. The van der Waals surface area contributed by atoms with Crippen molar-refractivity contribution in [2.75, 3.05) is 18.6 Å². The third-order valence-electron chi connectivity index (χ3n) is 5.10. The summed E-state index contributed by atoms with van der Waals surface area (Å²) in [4.78, 5) is 18.7. The lowest BCUT2D eigenvalue weighted by molar-refractivity contribution is 0.278. The fourth-order valence-electron chi connectivity index (χ4n) is 3.28. The molecule has 28 heavy (non-hydrogen) atoms. The zero-order valence-corrected chi connectivity index (χ0v) is 16.5. The highest BCUT2D eigenvalue weighted by molar-refractivity contribution is 5.58. The van der Waals surface area contributed by atoms with Crippen molar-refractivity contribution < 1.29 is 4.74 Å². The number of anilines is 2. The van der Waals surface area contributed by atoms with Crippen LogP contribution in [0.4, 0.5) is 11.5 Å². The first kappa shape index (κ1) is 18.2. The predicted molar refractivity (Wildman–Crippen MR) is 106 cm³/mol. The first-order valence-electron chi connectivity index (χ1n) is 9.29. The second-order valence-electron chi connectivity index (χ2n) is 7.38. The molecule has 4 rings (SSSR count). The number of hydrogen-bond donors (Lipinski definition) is 0. The van der Waals surface area contributed by atoms with Crippen molar-refractivity contribution in [2.24, 2.45) is 20.0 Å². The summed E-state index contributed by atoms with van der Waals surface area (Å²) in [5.41, 5.74) is 2.45. The Morgan fingerprint density at radius 3 is 2.75 bits per heavy atom. The molecule has 0 spiro atoms. The van der Waals surface area contributed by atoms with Crippen LogP contribution in [0.1, 0.15) is 23.6 Å². The van der Waals surface area contributed by atoms with Gasteiger partial charge in [0.1, 0.15) is 11.5 Å². The third kappa shape index (κ3) is 3.62. The van der Waals surface area contributed by atoms with E-state index in [1.54, 1.807) is 24.2 Å². The molecule has 3 aromatic heterocycles. The summed E-state index contributed by atoms with van der Waals surface area (Å²) in [7, 11) is 5.37. The van der Waals surface area contributed by atoms with Crippen molar-refractivity contribution >= 4 is 11.5 Å². The van der Waals surface area contributed by atoms with E-state index in [0.717, 1.165) is 17.7 Å². The van der Waals surface area contributed by atoms with Gasteiger partial charge in [-0.2, -0.15) is 5.10 Å². The highest BCUT2D eigenvalue weighted by Gasteiger charge is 2.40. The largest absolute Gasteiger partial charge is 0.476 e. The quantitative estimate of drug-likeness (QED) is 0.652. The standard InChI is InChI=1S/C20H24N6O2/c1-13-5-6-18(21-11-13)25(3)17-10-19(23-26(4)20(17)27)28-12-14-9-15(14)16-7-8-24(2)22-16/h5-8,10-11,14-15H,9,12H2,1-4H3/t14-,15+/m1/s1. The average molecular weight is 380 g/mol. The molecule has 2 atom stereocenters. The Bertz CT molecular complexity index is 1040. The van der Waals surface area contributed by atoms with Crippen LogP contribution in [-0.2, 0) is 14.1 Å². The highest BCUT2D eigenvalue weighted by atomic mass is 16.5. The van der Waals surface area contributed by atoms with Crippen LogP contribution in [0.25, 0.3) is 0 Å². The molecule has 0 unspecified atom stereocenters. The third-order valence-corrected chi connectivity index (χ3v) is 5.10. The maximum atomic E-state index is 12.6. The van der Waals surface area contributed by atoms with Crippen LogP contribution in [0.15, 0.2) is 41.5 Å². The van der Waals surface area contributed by atoms with Gasteiger partial charge in [0.25, 0.3) is 5.56 Å². The van der Waals surface area contributed by atoms with Crippen molar-refractivity contribution in [2.45, 2.75) is 19.3 Å². The summed E-state index contributed by atoms with van der Waals surface area (Å²) in [5, 5.41) is 8.71. The Morgan fingerprint density at radius 1 is 1.25 bits per heavy atom. The summed E-state index contributed by atoms with van der Waals surface area (Å²) in [6, 6.07) is 7.59. The second-order valence-corrected chi connectivity index (χ2v) is 7.38. The molecule has 3 heterocycles. The molecule has 1 aliphatic rings. The van der Waals surface area contributed by atoms with Crippen LogP contribution in [0, 0.1) is 12.8 Å². The van der Waals surface area contributed by atoms with E-state index in [9.17, 15) is 4.79 Å². The van der Waals surface area contributed by atoms with E-state index in [0.29, 0.717) is 35.8 Å². The average Bonchev–Trinajstić information content (AvgIpc) is 3.33. The topological polar surface area (TPSA) is 78.1 Å². The number of aryl methyl sites for hydroxylation is 3. The van der Waals surface area contributed by atoms with Crippen molar-refractivity contribution in [1.29, 1.82) is 0 Å². The first-order valence-corrected chi connectivity index (χ1v) is 9.29. The number of rotatable bonds is 6. The maximum Gasteiger partial charge on any atom is 0.290 e. The van der Waals surface area contributed by atoms with E-state index in [1.807, 2.05) is 44.0 Å². The Balaban J connectivity index is 1.48. The lowest BCUT2D eigenvalue weighted by atomic mass is 10.2. The number of hydrogen-bond acceptors (Lipinski definition) is 6. The fraction of sp³-hybridized carbons (Fsp3) is 0.400. The molecule has 0 aliphatic heterocycles. The lowest BCUT2D eigenvalue weighted by Gasteiger charge is -2.19. The summed E-state index contributed by atoms with van der Waals surface area (Å²) >= 11 is 0. The van der Waals surface area contributed by atoms with Crippen molar-refractivity contribution in [3.05, 3.63) is 58.3 Å². The molecule has 1 aliphatic carbocycles. The molecular weight excluding hydrogens is 356 g/mol. The van der Waals surface area contributed by atoms with E-state index in [1.165, 1.54) is 4.68 Å². The SMILES string of the molecule is Cc1ccc(N(C)c2cc(OC[C@H]3C[C@@H]3c3ccn(C)n3)nn(C)c2=O)nc1. The first-order chi connectivity index (χ1) is 13.4. The van der Waals surface area contributed by atoms with E-state index in [2.05, 4.69) is 21.2 Å². The van der Waals surface area contributed by atoms with Crippen LogP contribution < -0.4 is 15.2 Å². The van der Waals surface area contributed by atoms with Gasteiger partial charge in [-0.3, -0.25) is 9.48 Å². The van der Waals surface area contributed by atoms with Gasteiger partial charge in [-0.15, -0.1) is 5.10 Å². The Kier molecular flexibility index (Phi) is 4.62. The molecule has 0 saturated heterocycles. The number of ether oxygens (including phenoxy) is 1. The molecule has 3 aromatic rings. The lowest BCUT2D eigenvalue weighted by Crippen LogP contribution is -2.27. The highest BCUT2D eigenvalue weighted by Crippen LogP contribution is 2.46. The van der Waals surface area contributed by atoms with Crippen LogP contribution in [-0.4, -0.2) is 38.2 Å². The van der Waals surface area contributed by atoms with E-state index in [4.69, 9.17) is 4.74 Å². The molecule has 8 heteroatoms. The van der Waals surface area contributed by atoms with Crippen LogP contribution in [0.3, 0.4) is 0 Å². The normalized spacial score (nSPS) is 18.1. The number of pyridine rings is 1. The van der Waals surface area contributed by atoms with Gasteiger partial charge in [0.15, 0.2) is 0 Å². The smallest absolute Gasteiger partial charge is 0.290 e. The molecule has 8 nitrogen and oxygen atoms in total. The number of nitrogens with zero attached hydrogens (tertiary/aromatic N) is 6. The van der Waals surface area contributed by atoms with Crippen molar-refractivity contribution in [3.63, 3.8) is 0 Å². The van der Waals surface area contributed by atoms with Gasteiger partial charge >= 0.3 is 0 Å². The molecule has 0 N–H and O–H groups in total. The van der Waals surface area contributed by atoms with Crippen LogP contribution in [0.2, 0.25) is 0 Å². The second kappa shape index (κ2) is 7.10. The fourth-order valence-corrected chi connectivity index (χ4v) is 3.28. The van der Waals surface area contributed by atoms with Gasteiger partial charge in [-0.25, -0.2) is 9.67 Å². The number of aromatic nitrogens is 5. The van der Waals surface area contributed by atoms with Crippen molar-refractivity contribution in [1.82, 2.24) is 24.5 Å². The summed E-state index contributed by atoms with van der Waals surface area (Å²) in [5.74, 6) is 1.99. The summed E-state index contributed by atoms with van der Waals surface area (Å²) in [6.45, 7) is 2.53. The van der Waals surface area contributed by atoms with E-state index < -0.39 is 0 Å². The Labute approximate surface area is 163 Å². The van der Waals surface area contributed by atoms with Gasteiger partial charge < -0.3 is 9.64 Å². The molecule has 0 bridgehead atoms. The van der Waals surface area contributed by atoms with Crippen LogP contribution in [0.5, 0.6) is 5.88 Å². The summed E-state index contributed by atoms with van der Waals surface area (Å²) < 4.78 is 9.04. The van der Waals surface area contributed by atoms with Gasteiger partial charge in [-0.1, -0.05) is 6.07 Å². The minimum Gasteiger partial charge on any atom is -0.476 e. The van der Waals surface area contributed by atoms with Gasteiger partial charge in [0.2, 0.25) is 5.88 Å². The van der Waals surface area contributed by atoms with Crippen molar-refractivity contribution in [3.8, 4) is 5.88 Å². The van der Waals surface area contributed by atoms with Gasteiger partial charge in [0.05, 0.1) is 12.3 Å². The van der Waals surface area contributed by atoms with E-state index in [-0.39, 0.29) is 5.56 Å². The Morgan fingerprint density at radius 2 is 2.07 bits per heavy atom. The molecule has 1 fully saturated rings. The maximum absolute atomic E-state index is 12.6. The minimum absolute atomic E-state index is 0.199. The molecule has 146 valence electrons. The molecule has 1 saturated carbocycles.